The molecule has 0 bridgehead atoms. The first-order valence-corrected chi connectivity index (χ1v) is 8.68. The zero-order chi connectivity index (χ0) is 21.9. The molecule has 0 unspecified atom stereocenters. The van der Waals surface area contributed by atoms with Gasteiger partial charge in [-0.05, 0) is 29.8 Å². The number of nitrogens with one attached hydrogen (secondary N) is 1. The first kappa shape index (κ1) is 21.3. The molecule has 0 aliphatic carbocycles. The van der Waals surface area contributed by atoms with Gasteiger partial charge in [-0.15, -0.1) is 13.2 Å². The SMILES string of the molecule is O=C(Cc1cccc(Cl)c1)NC(=O)c1nccn1-c1ccc(OC(F)(F)F)cc1F. The van der Waals surface area contributed by atoms with Gasteiger partial charge in [-0.25, -0.2) is 9.37 Å². The fraction of sp³-hybridized carbons (Fsp3) is 0.105. The van der Waals surface area contributed by atoms with Crippen LogP contribution in [0.1, 0.15) is 16.2 Å². The number of hydrogen-bond donors (Lipinski definition) is 1. The second-order valence-corrected chi connectivity index (χ2v) is 6.40. The van der Waals surface area contributed by atoms with Crippen molar-refractivity contribution in [2.75, 3.05) is 0 Å². The Bertz CT molecular complexity index is 1100. The van der Waals surface area contributed by atoms with Gasteiger partial charge >= 0.3 is 6.36 Å². The van der Waals surface area contributed by atoms with Crippen molar-refractivity contribution in [2.24, 2.45) is 0 Å². The molecule has 3 aromatic rings. The zero-order valence-corrected chi connectivity index (χ0v) is 15.7. The lowest BCUT2D eigenvalue weighted by Gasteiger charge is -2.12. The molecule has 3 rings (SSSR count). The second-order valence-electron chi connectivity index (χ2n) is 5.97. The number of aromatic nitrogens is 2. The summed E-state index contributed by atoms with van der Waals surface area (Å²) < 4.78 is 55.8. The average Bonchev–Trinajstić information content (AvgIpc) is 3.10. The van der Waals surface area contributed by atoms with Gasteiger partial charge in [-0.3, -0.25) is 19.5 Å². The van der Waals surface area contributed by atoms with E-state index in [1.165, 1.54) is 12.4 Å². The fourth-order valence-electron chi connectivity index (χ4n) is 2.60. The molecule has 11 heteroatoms. The van der Waals surface area contributed by atoms with E-state index in [4.69, 9.17) is 11.6 Å². The van der Waals surface area contributed by atoms with Gasteiger partial charge in [0.05, 0.1) is 12.1 Å². The van der Waals surface area contributed by atoms with Gasteiger partial charge in [0.2, 0.25) is 11.7 Å². The zero-order valence-electron chi connectivity index (χ0n) is 14.9. The summed E-state index contributed by atoms with van der Waals surface area (Å²) in [6, 6.07) is 8.89. The van der Waals surface area contributed by atoms with Crippen molar-refractivity contribution in [3.63, 3.8) is 0 Å². The highest BCUT2D eigenvalue weighted by Crippen LogP contribution is 2.26. The molecule has 0 atom stereocenters. The third-order valence-corrected chi connectivity index (χ3v) is 4.00. The van der Waals surface area contributed by atoms with Crippen LogP contribution in [0, 0.1) is 5.82 Å². The first-order valence-electron chi connectivity index (χ1n) is 8.30. The summed E-state index contributed by atoms with van der Waals surface area (Å²) in [7, 11) is 0. The minimum Gasteiger partial charge on any atom is -0.406 e. The molecule has 1 aromatic heterocycles. The van der Waals surface area contributed by atoms with Gasteiger partial charge in [0, 0.05) is 23.5 Å². The van der Waals surface area contributed by atoms with Gasteiger partial charge in [-0.2, -0.15) is 0 Å². The molecule has 0 saturated heterocycles. The van der Waals surface area contributed by atoms with E-state index in [2.05, 4.69) is 15.0 Å². The summed E-state index contributed by atoms with van der Waals surface area (Å²) in [6.45, 7) is 0. The monoisotopic (exact) mass is 441 g/mol. The number of benzene rings is 2. The number of carbonyl (C=O) groups is 2. The third kappa shape index (κ3) is 5.35. The molecule has 0 radical (unpaired) electrons. The van der Waals surface area contributed by atoms with E-state index >= 15 is 0 Å². The molecule has 1 heterocycles. The van der Waals surface area contributed by atoms with Gasteiger partial charge in [-0.1, -0.05) is 23.7 Å². The minimum atomic E-state index is -4.97. The summed E-state index contributed by atoms with van der Waals surface area (Å²) in [5.41, 5.74) is 0.317. The molecular formula is C19H12ClF4N3O3. The Morgan fingerprint density at radius 3 is 2.60 bits per heavy atom. The molecule has 0 fully saturated rings. The molecule has 156 valence electrons. The lowest BCUT2D eigenvalue weighted by atomic mass is 10.1. The van der Waals surface area contributed by atoms with Crippen LogP contribution in [0.3, 0.4) is 0 Å². The van der Waals surface area contributed by atoms with E-state index < -0.39 is 29.7 Å². The van der Waals surface area contributed by atoms with Gasteiger partial charge in [0.1, 0.15) is 5.75 Å². The maximum atomic E-state index is 14.3. The fourth-order valence-corrected chi connectivity index (χ4v) is 2.82. The number of amides is 2. The maximum absolute atomic E-state index is 14.3. The van der Waals surface area contributed by atoms with Crippen LogP contribution in [0.4, 0.5) is 17.6 Å². The number of alkyl halides is 3. The summed E-state index contributed by atoms with van der Waals surface area (Å²) in [6.07, 6.45) is -2.71. The second kappa shape index (κ2) is 8.54. The lowest BCUT2D eigenvalue weighted by molar-refractivity contribution is -0.274. The van der Waals surface area contributed by atoms with Gasteiger partial charge in [0.15, 0.2) is 5.82 Å². The first-order chi connectivity index (χ1) is 14.1. The maximum Gasteiger partial charge on any atom is 0.573 e. The Labute approximate surface area is 172 Å². The smallest absolute Gasteiger partial charge is 0.406 e. The van der Waals surface area contributed by atoms with Crippen molar-refractivity contribution in [1.82, 2.24) is 14.9 Å². The standard InChI is InChI=1S/C19H12ClF4N3O3/c20-12-3-1-2-11(8-12)9-16(28)26-18(29)17-25-6-7-27(17)15-5-4-13(10-14(15)21)30-19(22,23)24/h1-8,10H,9H2,(H,26,28,29). The molecule has 2 amide bonds. The van der Waals surface area contributed by atoms with Crippen LogP contribution in [0.5, 0.6) is 5.75 Å². The van der Waals surface area contributed by atoms with Crippen molar-refractivity contribution < 1.29 is 31.9 Å². The van der Waals surface area contributed by atoms with Crippen LogP contribution in [0.2, 0.25) is 5.02 Å². The predicted octanol–water partition coefficient (Wildman–Crippen LogP) is 4.06. The predicted molar refractivity (Wildman–Crippen MR) is 97.8 cm³/mol. The largest absolute Gasteiger partial charge is 0.573 e. The molecule has 0 saturated carbocycles. The van der Waals surface area contributed by atoms with Crippen molar-refractivity contribution >= 4 is 23.4 Å². The molecule has 0 aliphatic rings. The summed E-state index contributed by atoms with van der Waals surface area (Å²) >= 11 is 5.85. The number of ether oxygens (including phenoxy) is 1. The molecule has 6 nitrogen and oxygen atoms in total. The third-order valence-electron chi connectivity index (χ3n) is 3.76. The van der Waals surface area contributed by atoms with Crippen LogP contribution in [-0.4, -0.2) is 27.7 Å². The van der Waals surface area contributed by atoms with E-state index in [9.17, 15) is 27.2 Å². The number of nitrogens with zero attached hydrogens (tertiary/aromatic N) is 2. The normalized spacial score (nSPS) is 11.2. The topological polar surface area (TPSA) is 73.2 Å². The highest BCUT2D eigenvalue weighted by molar-refractivity contribution is 6.30. The van der Waals surface area contributed by atoms with E-state index in [1.807, 2.05) is 0 Å². The van der Waals surface area contributed by atoms with Crippen molar-refractivity contribution in [3.8, 4) is 11.4 Å². The Morgan fingerprint density at radius 1 is 1.17 bits per heavy atom. The van der Waals surface area contributed by atoms with E-state index in [0.29, 0.717) is 16.7 Å². The number of halogens is 5. The molecule has 0 aliphatic heterocycles. The number of imide groups is 1. The molecule has 2 aromatic carbocycles. The lowest BCUT2D eigenvalue weighted by Crippen LogP contribution is -2.33. The number of rotatable bonds is 5. The number of imidazole rings is 1. The van der Waals surface area contributed by atoms with Crippen LogP contribution in [0.25, 0.3) is 5.69 Å². The van der Waals surface area contributed by atoms with Gasteiger partial charge in [0.25, 0.3) is 5.91 Å². The summed E-state index contributed by atoms with van der Waals surface area (Å²) in [4.78, 5) is 28.3. The Balaban J connectivity index is 1.76. The quantitative estimate of drug-likeness (QED) is 0.606. The van der Waals surface area contributed by atoms with Crippen molar-refractivity contribution in [2.45, 2.75) is 12.8 Å². The highest BCUT2D eigenvalue weighted by Gasteiger charge is 2.31. The Morgan fingerprint density at radius 2 is 1.93 bits per heavy atom. The molecular weight excluding hydrogens is 430 g/mol. The Kier molecular flexibility index (Phi) is 6.06. The van der Waals surface area contributed by atoms with Crippen LogP contribution in [0.15, 0.2) is 54.9 Å². The minimum absolute atomic E-state index is 0.134. The van der Waals surface area contributed by atoms with Crippen molar-refractivity contribution in [3.05, 3.63) is 77.1 Å². The van der Waals surface area contributed by atoms with Crippen molar-refractivity contribution in [1.29, 1.82) is 0 Å². The summed E-state index contributed by atoms with van der Waals surface area (Å²) in [5, 5.41) is 2.55. The van der Waals surface area contributed by atoms with E-state index in [0.717, 1.165) is 16.7 Å². The highest BCUT2D eigenvalue weighted by atomic mass is 35.5. The van der Waals surface area contributed by atoms with Crippen LogP contribution < -0.4 is 10.1 Å². The summed E-state index contributed by atoms with van der Waals surface area (Å²) in [5.74, 6) is -3.74. The molecule has 30 heavy (non-hydrogen) atoms. The Hall–Kier alpha value is -3.40. The van der Waals surface area contributed by atoms with Crippen LogP contribution >= 0.6 is 11.6 Å². The average molecular weight is 442 g/mol. The molecule has 1 N–H and O–H groups in total. The number of hydrogen-bond acceptors (Lipinski definition) is 4. The van der Waals surface area contributed by atoms with E-state index in [-0.39, 0.29) is 17.9 Å². The van der Waals surface area contributed by atoms with E-state index in [1.54, 1.807) is 24.3 Å². The molecule has 0 spiro atoms. The number of carbonyl (C=O) groups excluding carboxylic acids is 2. The van der Waals surface area contributed by atoms with Gasteiger partial charge < -0.3 is 4.74 Å². The van der Waals surface area contributed by atoms with Crippen LogP contribution in [-0.2, 0) is 11.2 Å².